The van der Waals surface area contributed by atoms with Crippen molar-refractivity contribution in [2.24, 2.45) is 0 Å². The van der Waals surface area contributed by atoms with Crippen LogP contribution >= 0.6 is 0 Å². The Morgan fingerprint density at radius 3 is 3.03 bits per heavy atom. The van der Waals surface area contributed by atoms with Gasteiger partial charge in [-0.25, -0.2) is 4.52 Å². The van der Waals surface area contributed by atoms with Gasteiger partial charge in [0.1, 0.15) is 0 Å². The average Bonchev–Trinajstić information content (AvgIpc) is 3.45. The zero-order valence-corrected chi connectivity index (χ0v) is 16.3. The highest BCUT2D eigenvalue weighted by Crippen LogP contribution is 2.34. The van der Waals surface area contributed by atoms with Gasteiger partial charge < -0.3 is 9.84 Å². The summed E-state index contributed by atoms with van der Waals surface area (Å²) in [6, 6.07) is 10.1. The maximum atomic E-state index is 12.9. The van der Waals surface area contributed by atoms with Crippen molar-refractivity contribution in [1.29, 1.82) is 0 Å². The van der Waals surface area contributed by atoms with E-state index in [1.54, 1.807) is 10.7 Å². The number of hydrogen-bond donors (Lipinski definition) is 1. The molecule has 7 nitrogen and oxygen atoms in total. The molecule has 3 heterocycles. The summed E-state index contributed by atoms with van der Waals surface area (Å²) in [6.45, 7) is 3.99. The van der Waals surface area contributed by atoms with E-state index in [-0.39, 0.29) is 11.9 Å². The molecule has 1 N–H and O–H groups in total. The molecule has 7 heteroatoms. The van der Waals surface area contributed by atoms with Crippen molar-refractivity contribution in [3.8, 4) is 11.4 Å². The number of aromatic nitrogens is 4. The van der Waals surface area contributed by atoms with E-state index in [1.165, 1.54) is 5.56 Å². The average molecular weight is 387 g/mol. The van der Waals surface area contributed by atoms with Crippen molar-refractivity contribution >= 4 is 11.4 Å². The number of fused-ring (bicyclic) bond motifs is 2. The van der Waals surface area contributed by atoms with E-state index in [2.05, 4.69) is 32.7 Å². The second-order valence-electron chi connectivity index (χ2n) is 7.44. The Bertz CT molecular complexity index is 1220. The highest BCUT2D eigenvalue weighted by atomic mass is 16.5. The molecule has 0 saturated carbocycles. The van der Waals surface area contributed by atoms with Gasteiger partial charge in [-0.1, -0.05) is 30.3 Å². The molecule has 29 heavy (non-hydrogen) atoms. The number of rotatable bonds is 4. The number of nitrogens with zero attached hydrogens (tertiary/aromatic N) is 4. The molecule has 0 saturated heterocycles. The Balaban J connectivity index is 1.38. The van der Waals surface area contributed by atoms with E-state index in [4.69, 9.17) is 4.52 Å². The Labute approximate surface area is 167 Å². The maximum absolute atomic E-state index is 12.9. The zero-order valence-electron chi connectivity index (χ0n) is 16.3. The van der Waals surface area contributed by atoms with Crippen molar-refractivity contribution in [1.82, 2.24) is 25.1 Å². The fourth-order valence-corrected chi connectivity index (χ4v) is 3.92. The minimum absolute atomic E-state index is 0.0107. The third-order valence-corrected chi connectivity index (χ3v) is 5.46. The highest BCUT2D eigenvalue weighted by molar-refractivity contribution is 6.00. The molecular weight excluding hydrogens is 366 g/mol. The van der Waals surface area contributed by atoms with Crippen LogP contribution in [0, 0.1) is 6.92 Å². The number of aryl methyl sites for hydroxylation is 3. The molecule has 0 fully saturated rings. The molecule has 3 aromatic heterocycles. The van der Waals surface area contributed by atoms with Crippen LogP contribution in [0.15, 0.2) is 47.2 Å². The first-order valence-corrected chi connectivity index (χ1v) is 9.83. The number of amides is 1. The van der Waals surface area contributed by atoms with E-state index >= 15 is 0 Å². The SMILES string of the molecule is CCc1nc(-c2ccc3c(c2)CC[C@H]3NC(=O)c2cnn3cc(C)ccc23)no1. The molecule has 1 aromatic carbocycles. The van der Waals surface area contributed by atoms with Crippen LogP contribution in [0.1, 0.15) is 52.3 Å². The standard InChI is InChI=1S/C22H21N5O2/c1-3-20-25-21(26-29-20)15-5-7-16-14(10-15)6-8-18(16)24-22(28)17-11-23-27-12-13(2)4-9-19(17)27/h4-5,7,9-12,18H,3,6,8H2,1-2H3,(H,24,28)/t18-/m1/s1. The lowest BCUT2D eigenvalue weighted by atomic mass is 10.0. The Kier molecular flexibility index (Phi) is 4.16. The van der Waals surface area contributed by atoms with E-state index < -0.39 is 0 Å². The Morgan fingerprint density at radius 1 is 1.31 bits per heavy atom. The molecule has 1 aliphatic rings. The molecular formula is C22H21N5O2. The van der Waals surface area contributed by atoms with Crippen LogP contribution in [0.4, 0.5) is 0 Å². The van der Waals surface area contributed by atoms with E-state index in [0.717, 1.165) is 41.5 Å². The maximum Gasteiger partial charge on any atom is 0.255 e. The molecule has 4 aromatic rings. The van der Waals surface area contributed by atoms with Gasteiger partial charge >= 0.3 is 0 Å². The summed E-state index contributed by atoms with van der Waals surface area (Å²) in [6.07, 6.45) is 6.04. The Morgan fingerprint density at radius 2 is 2.21 bits per heavy atom. The number of carbonyl (C=O) groups excluding carboxylic acids is 1. The van der Waals surface area contributed by atoms with E-state index in [0.29, 0.717) is 17.3 Å². The lowest BCUT2D eigenvalue weighted by Gasteiger charge is -2.14. The topological polar surface area (TPSA) is 85.3 Å². The summed E-state index contributed by atoms with van der Waals surface area (Å²) in [4.78, 5) is 17.3. The summed E-state index contributed by atoms with van der Waals surface area (Å²) >= 11 is 0. The van der Waals surface area contributed by atoms with Gasteiger partial charge in [0.25, 0.3) is 5.91 Å². The fraction of sp³-hybridized carbons (Fsp3) is 0.273. The lowest BCUT2D eigenvalue weighted by Crippen LogP contribution is -2.27. The van der Waals surface area contributed by atoms with Crippen molar-refractivity contribution in [2.45, 2.75) is 39.2 Å². The van der Waals surface area contributed by atoms with Crippen LogP contribution in [0.3, 0.4) is 0 Å². The summed E-state index contributed by atoms with van der Waals surface area (Å²) in [5, 5.41) is 11.5. The second kappa shape index (κ2) is 6.84. The highest BCUT2D eigenvalue weighted by Gasteiger charge is 2.26. The third-order valence-electron chi connectivity index (χ3n) is 5.46. The number of hydrogen-bond acceptors (Lipinski definition) is 5. The first-order valence-electron chi connectivity index (χ1n) is 9.83. The van der Waals surface area contributed by atoms with Gasteiger partial charge in [0.15, 0.2) is 0 Å². The molecule has 0 aliphatic heterocycles. The van der Waals surface area contributed by atoms with Crippen LogP contribution in [-0.2, 0) is 12.8 Å². The van der Waals surface area contributed by atoms with Crippen molar-refractivity contribution < 1.29 is 9.32 Å². The first-order chi connectivity index (χ1) is 14.1. The summed E-state index contributed by atoms with van der Waals surface area (Å²) in [7, 11) is 0. The zero-order chi connectivity index (χ0) is 20.0. The molecule has 0 spiro atoms. The molecule has 1 aliphatic carbocycles. The number of nitrogens with one attached hydrogen (secondary N) is 1. The predicted molar refractivity (Wildman–Crippen MR) is 108 cm³/mol. The van der Waals surface area contributed by atoms with Crippen LogP contribution in [0.2, 0.25) is 0 Å². The normalized spacial score (nSPS) is 15.6. The smallest absolute Gasteiger partial charge is 0.255 e. The molecule has 0 radical (unpaired) electrons. The van der Waals surface area contributed by atoms with Crippen LogP contribution < -0.4 is 5.32 Å². The monoisotopic (exact) mass is 387 g/mol. The first kappa shape index (κ1) is 17.6. The van der Waals surface area contributed by atoms with Crippen LogP contribution in [0.5, 0.6) is 0 Å². The molecule has 0 bridgehead atoms. The van der Waals surface area contributed by atoms with E-state index in [1.807, 2.05) is 38.2 Å². The van der Waals surface area contributed by atoms with Gasteiger partial charge in [0.05, 0.1) is 23.3 Å². The Hall–Kier alpha value is -3.48. The van der Waals surface area contributed by atoms with Crippen LogP contribution in [-0.4, -0.2) is 25.7 Å². The molecule has 0 unspecified atom stereocenters. The molecule has 1 amide bonds. The predicted octanol–water partition coefficient (Wildman–Crippen LogP) is 3.67. The lowest BCUT2D eigenvalue weighted by molar-refractivity contribution is 0.0938. The minimum Gasteiger partial charge on any atom is -0.345 e. The number of benzene rings is 1. The summed E-state index contributed by atoms with van der Waals surface area (Å²) in [5.74, 6) is 1.14. The quantitative estimate of drug-likeness (QED) is 0.577. The van der Waals surface area contributed by atoms with Crippen molar-refractivity contribution in [3.63, 3.8) is 0 Å². The van der Waals surface area contributed by atoms with Gasteiger partial charge in [0.2, 0.25) is 11.7 Å². The largest absolute Gasteiger partial charge is 0.345 e. The van der Waals surface area contributed by atoms with E-state index in [9.17, 15) is 4.79 Å². The fourth-order valence-electron chi connectivity index (χ4n) is 3.92. The molecule has 146 valence electrons. The third kappa shape index (κ3) is 3.08. The molecule has 5 rings (SSSR count). The van der Waals surface area contributed by atoms with Gasteiger partial charge in [-0.05, 0) is 48.6 Å². The second-order valence-corrected chi connectivity index (χ2v) is 7.44. The van der Waals surface area contributed by atoms with Gasteiger partial charge in [-0.2, -0.15) is 10.1 Å². The van der Waals surface area contributed by atoms with Crippen molar-refractivity contribution in [3.05, 3.63) is 70.9 Å². The van der Waals surface area contributed by atoms with Gasteiger partial charge in [0, 0.05) is 18.2 Å². The summed E-state index contributed by atoms with van der Waals surface area (Å²) in [5.41, 5.74) is 5.80. The summed E-state index contributed by atoms with van der Waals surface area (Å²) < 4.78 is 6.96. The van der Waals surface area contributed by atoms with Gasteiger partial charge in [-0.3, -0.25) is 4.79 Å². The van der Waals surface area contributed by atoms with Crippen molar-refractivity contribution in [2.75, 3.05) is 0 Å². The number of carbonyl (C=O) groups is 1. The molecule has 1 atom stereocenters. The minimum atomic E-state index is -0.100. The van der Waals surface area contributed by atoms with Crippen LogP contribution in [0.25, 0.3) is 16.9 Å². The van der Waals surface area contributed by atoms with Gasteiger partial charge in [-0.15, -0.1) is 0 Å². The number of pyridine rings is 1.